The molecule has 3 heterocycles. The molecule has 0 saturated carbocycles. The van der Waals surface area contributed by atoms with Crippen molar-refractivity contribution in [3.63, 3.8) is 0 Å². The molecule has 1 atom stereocenters. The Hall–Kier alpha value is -4.27. The summed E-state index contributed by atoms with van der Waals surface area (Å²) in [6.45, 7) is 0.332. The number of nitrogens with one attached hydrogen (secondary N) is 1. The topological polar surface area (TPSA) is 106 Å². The van der Waals surface area contributed by atoms with Crippen molar-refractivity contribution in [3.8, 4) is 5.69 Å². The zero-order valence-electron chi connectivity index (χ0n) is 16.4. The van der Waals surface area contributed by atoms with Gasteiger partial charge in [-0.2, -0.15) is 0 Å². The molecule has 1 unspecified atom stereocenters. The zero-order chi connectivity index (χ0) is 21.2. The largest absolute Gasteiger partial charge is 0.459 e. The monoisotopic (exact) mass is 414 g/mol. The third-order valence-electron chi connectivity index (χ3n) is 5.27. The van der Waals surface area contributed by atoms with Crippen LogP contribution in [-0.4, -0.2) is 43.0 Å². The van der Waals surface area contributed by atoms with Crippen LogP contribution in [0.2, 0.25) is 0 Å². The van der Waals surface area contributed by atoms with Gasteiger partial charge in [0.1, 0.15) is 12.4 Å². The van der Waals surface area contributed by atoms with Gasteiger partial charge < -0.3 is 14.6 Å². The van der Waals surface area contributed by atoms with Crippen molar-refractivity contribution in [2.75, 3.05) is 5.32 Å². The maximum Gasteiger partial charge on any atom is 0.290 e. The lowest BCUT2D eigenvalue weighted by Gasteiger charge is -2.35. The maximum atomic E-state index is 13.3. The molecule has 2 aromatic carbocycles. The SMILES string of the molecule is O=C(Nc1cccc(-n2cnnn2)c1)C1Cc2ccccc2CN1C(=O)c1ccco1. The van der Waals surface area contributed by atoms with Crippen molar-refractivity contribution in [2.45, 2.75) is 19.0 Å². The number of hydrogen-bond donors (Lipinski definition) is 1. The van der Waals surface area contributed by atoms with Crippen molar-refractivity contribution < 1.29 is 14.0 Å². The van der Waals surface area contributed by atoms with Crippen LogP contribution in [-0.2, 0) is 17.8 Å². The van der Waals surface area contributed by atoms with Gasteiger partial charge in [0.2, 0.25) is 5.91 Å². The van der Waals surface area contributed by atoms with E-state index in [2.05, 4.69) is 20.8 Å². The lowest BCUT2D eigenvalue weighted by Crippen LogP contribution is -2.50. The Bertz CT molecular complexity index is 1220. The minimum atomic E-state index is -0.677. The van der Waals surface area contributed by atoms with E-state index in [-0.39, 0.29) is 17.6 Å². The van der Waals surface area contributed by atoms with Crippen molar-refractivity contribution in [3.05, 3.63) is 90.1 Å². The lowest BCUT2D eigenvalue weighted by atomic mass is 9.93. The van der Waals surface area contributed by atoms with Crippen LogP contribution in [0.4, 0.5) is 5.69 Å². The van der Waals surface area contributed by atoms with Crippen LogP contribution in [0, 0.1) is 0 Å². The second kappa shape index (κ2) is 7.86. The molecule has 0 fully saturated rings. The van der Waals surface area contributed by atoms with E-state index in [1.165, 1.54) is 17.3 Å². The highest BCUT2D eigenvalue weighted by atomic mass is 16.3. The predicted molar refractivity (Wildman–Crippen MR) is 110 cm³/mol. The van der Waals surface area contributed by atoms with Crippen LogP contribution in [0.1, 0.15) is 21.7 Å². The molecule has 0 spiro atoms. The number of rotatable bonds is 4. The summed E-state index contributed by atoms with van der Waals surface area (Å²) in [6.07, 6.45) is 3.34. The number of carbonyl (C=O) groups excluding carboxylic acids is 2. The van der Waals surface area contributed by atoms with Gasteiger partial charge in [-0.05, 0) is 51.9 Å². The van der Waals surface area contributed by atoms with Gasteiger partial charge >= 0.3 is 0 Å². The number of fused-ring (bicyclic) bond motifs is 1. The average Bonchev–Trinajstić information content (AvgIpc) is 3.52. The van der Waals surface area contributed by atoms with E-state index >= 15 is 0 Å². The Labute approximate surface area is 177 Å². The second-order valence-corrected chi connectivity index (χ2v) is 7.19. The molecule has 1 aliphatic rings. The van der Waals surface area contributed by atoms with Crippen molar-refractivity contribution in [2.24, 2.45) is 0 Å². The summed E-state index contributed by atoms with van der Waals surface area (Å²) >= 11 is 0. The Morgan fingerprint density at radius 3 is 2.68 bits per heavy atom. The molecule has 4 aromatic rings. The highest BCUT2D eigenvalue weighted by Gasteiger charge is 2.36. The van der Waals surface area contributed by atoms with Crippen molar-refractivity contribution in [1.82, 2.24) is 25.1 Å². The Balaban J connectivity index is 1.43. The summed E-state index contributed by atoms with van der Waals surface area (Å²) < 4.78 is 6.79. The van der Waals surface area contributed by atoms with Gasteiger partial charge in [0, 0.05) is 18.7 Å². The fraction of sp³-hybridized carbons (Fsp3) is 0.136. The highest BCUT2D eigenvalue weighted by molar-refractivity contribution is 6.00. The van der Waals surface area contributed by atoms with Gasteiger partial charge in [0.05, 0.1) is 12.0 Å². The number of anilines is 1. The first-order valence-corrected chi connectivity index (χ1v) is 9.74. The van der Waals surface area contributed by atoms with E-state index in [0.717, 1.165) is 11.1 Å². The first kappa shape index (κ1) is 18.7. The number of carbonyl (C=O) groups is 2. The molecule has 31 heavy (non-hydrogen) atoms. The van der Waals surface area contributed by atoms with E-state index in [4.69, 9.17) is 4.42 Å². The van der Waals surface area contributed by atoms with Crippen molar-refractivity contribution in [1.29, 1.82) is 0 Å². The molecule has 9 heteroatoms. The Morgan fingerprint density at radius 1 is 1.03 bits per heavy atom. The summed E-state index contributed by atoms with van der Waals surface area (Å²) in [5.74, 6) is -0.386. The molecule has 2 aromatic heterocycles. The quantitative estimate of drug-likeness (QED) is 0.550. The number of hydrogen-bond acceptors (Lipinski definition) is 6. The van der Waals surface area contributed by atoms with Gasteiger partial charge in [-0.25, -0.2) is 4.68 Å². The third kappa shape index (κ3) is 3.68. The van der Waals surface area contributed by atoms with Crippen LogP contribution < -0.4 is 5.32 Å². The molecule has 0 aliphatic carbocycles. The van der Waals surface area contributed by atoms with Gasteiger partial charge in [-0.15, -0.1) is 5.10 Å². The molecule has 1 aliphatic heterocycles. The molecule has 1 N–H and O–H groups in total. The van der Waals surface area contributed by atoms with Gasteiger partial charge in [-0.3, -0.25) is 9.59 Å². The zero-order valence-corrected chi connectivity index (χ0v) is 16.4. The third-order valence-corrected chi connectivity index (χ3v) is 5.27. The van der Waals surface area contributed by atoms with E-state index < -0.39 is 6.04 Å². The van der Waals surface area contributed by atoms with E-state index in [1.807, 2.05) is 30.3 Å². The standard InChI is InChI=1S/C22H18N6O3/c29-21(24-17-7-3-8-18(12-17)28-14-23-25-26-28)19-11-15-5-1-2-6-16(15)13-27(19)22(30)20-9-4-10-31-20/h1-10,12,14,19H,11,13H2,(H,24,29). The molecule has 154 valence electrons. The summed E-state index contributed by atoms with van der Waals surface area (Å²) in [7, 11) is 0. The molecule has 0 bridgehead atoms. The lowest BCUT2D eigenvalue weighted by molar-refractivity contribution is -0.121. The van der Waals surface area contributed by atoms with Crippen LogP contribution in [0.5, 0.6) is 0 Å². The minimum absolute atomic E-state index is 0.206. The van der Waals surface area contributed by atoms with Crippen molar-refractivity contribution >= 4 is 17.5 Å². The first-order valence-electron chi connectivity index (χ1n) is 9.74. The van der Waals surface area contributed by atoms with Crippen LogP contribution in [0.15, 0.2) is 77.7 Å². The molecule has 9 nitrogen and oxygen atoms in total. The summed E-state index contributed by atoms with van der Waals surface area (Å²) in [6, 6.07) is 17.6. The second-order valence-electron chi connectivity index (χ2n) is 7.19. The average molecular weight is 414 g/mol. The molecule has 0 saturated heterocycles. The number of tetrazole rings is 1. The van der Waals surface area contributed by atoms with Crippen LogP contribution in [0.25, 0.3) is 5.69 Å². The number of furan rings is 1. The maximum absolute atomic E-state index is 13.3. The van der Waals surface area contributed by atoms with E-state index in [9.17, 15) is 9.59 Å². The molecule has 0 radical (unpaired) electrons. The molecular formula is C22H18N6O3. The number of benzene rings is 2. The molecule has 2 amide bonds. The van der Waals surface area contributed by atoms with E-state index in [1.54, 1.807) is 35.2 Å². The Kier molecular flexibility index (Phi) is 4.75. The first-order chi connectivity index (χ1) is 15.2. The normalized spacial score (nSPS) is 15.4. The van der Waals surface area contributed by atoms with Gasteiger partial charge in [0.25, 0.3) is 5.91 Å². The predicted octanol–water partition coefficient (Wildman–Crippen LogP) is 2.46. The summed E-state index contributed by atoms with van der Waals surface area (Å²) in [5.41, 5.74) is 3.36. The summed E-state index contributed by atoms with van der Waals surface area (Å²) in [5, 5.41) is 14.1. The fourth-order valence-electron chi connectivity index (χ4n) is 3.74. The highest BCUT2D eigenvalue weighted by Crippen LogP contribution is 2.26. The van der Waals surface area contributed by atoms with Gasteiger partial charge in [-0.1, -0.05) is 30.3 Å². The smallest absolute Gasteiger partial charge is 0.290 e. The van der Waals surface area contributed by atoms with Gasteiger partial charge in [0.15, 0.2) is 5.76 Å². The Morgan fingerprint density at radius 2 is 1.90 bits per heavy atom. The number of amides is 2. The number of aromatic nitrogens is 4. The summed E-state index contributed by atoms with van der Waals surface area (Å²) in [4.78, 5) is 27.9. The molecular weight excluding hydrogens is 396 g/mol. The fourth-order valence-corrected chi connectivity index (χ4v) is 3.74. The van der Waals surface area contributed by atoms with Crippen LogP contribution >= 0.6 is 0 Å². The van der Waals surface area contributed by atoms with E-state index in [0.29, 0.717) is 24.3 Å². The minimum Gasteiger partial charge on any atom is -0.459 e. The molecule has 5 rings (SSSR count). The van der Waals surface area contributed by atoms with Crippen LogP contribution in [0.3, 0.4) is 0 Å². The number of nitrogens with zero attached hydrogens (tertiary/aromatic N) is 5.